The SMILES string of the molecule is C=C1C[C@@H]2CC[C@@]34C[C@H]5OC6C(O3)[C@H]3O[C@H](CC[C@@H]3O[C@H]6C5O4)CC(=O)O[C@@H]3[C@@H](C)[C@@H]4O[C@H](CC)[C@H](C)C[C@@H]4O[C@H]3C[C@H]3O[C@@H](CC[C@@H]1O2)C[C@@H](C)C3=C. The molecule has 11 heteroatoms. The summed E-state index contributed by atoms with van der Waals surface area (Å²) in [7, 11) is 0. The zero-order chi connectivity index (χ0) is 37.0. The Balaban J connectivity index is 0.938. The number of carbonyl (C=O) groups excluding carboxylic acids is 1. The highest BCUT2D eigenvalue weighted by Gasteiger charge is 2.69. The maximum Gasteiger partial charge on any atom is 0.308 e. The molecular formula is C43H62O11. The standard InChI is InChI=1S/C43H62O11/c1-7-28-22(4)16-32-36(49-28)24(6)37-33(48-32)18-31-23(5)20(2)14-25(46-31)8-10-29-21(3)15-27(45-29)12-13-43-19-34-39(53-43)40-41(51-34)42(54-43)38-30(50-40)11-9-26(47-38)17-35(44)52-37/h20,22,24-34,36-42H,3,5,7-19H2,1-2,4,6H3/t20-,22-,24+,25+,26-,27+,28-,29+,30+,31-,32+,33+,34-,36+,37-,38+,39?,40+,41?,42?,43+/m1/s1. The van der Waals surface area contributed by atoms with E-state index in [4.69, 9.17) is 47.4 Å². The molecular weight excluding hydrogens is 692 g/mol. The molecule has 0 radical (unpaired) electrons. The lowest BCUT2D eigenvalue weighted by molar-refractivity contribution is -0.293. The van der Waals surface area contributed by atoms with Crippen LogP contribution in [0.25, 0.3) is 0 Å². The first kappa shape index (κ1) is 36.9. The van der Waals surface area contributed by atoms with Gasteiger partial charge in [-0.15, -0.1) is 0 Å². The summed E-state index contributed by atoms with van der Waals surface area (Å²) in [6.07, 6.45) is 6.99. The number of ether oxygens (including phenoxy) is 10. The predicted octanol–water partition coefficient (Wildman–Crippen LogP) is 5.89. The van der Waals surface area contributed by atoms with Crippen LogP contribution >= 0.6 is 0 Å². The Labute approximate surface area is 320 Å². The number of esters is 1. The van der Waals surface area contributed by atoms with Crippen LogP contribution in [0, 0.1) is 17.8 Å². The maximum atomic E-state index is 14.1. The van der Waals surface area contributed by atoms with Crippen molar-refractivity contribution in [1.82, 2.24) is 0 Å². The van der Waals surface area contributed by atoms with Crippen molar-refractivity contribution >= 4 is 5.97 Å². The van der Waals surface area contributed by atoms with Crippen molar-refractivity contribution in [3.8, 4) is 0 Å². The molecule has 11 saturated heterocycles. The van der Waals surface area contributed by atoms with E-state index in [9.17, 15) is 4.79 Å². The van der Waals surface area contributed by atoms with E-state index in [0.29, 0.717) is 37.5 Å². The third-order valence-corrected chi connectivity index (χ3v) is 15.1. The number of rotatable bonds is 1. The van der Waals surface area contributed by atoms with Gasteiger partial charge in [-0.3, -0.25) is 4.79 Å². The van der Waals surface area contributed by atoms with Crippen molar-refractivity contribution in [2.75, 3.05) is 0 Å². The predicted molar refractivity (Wildman–Crippen MR) is 194 cm³/mol. The van der Waals surface area contributed by atoms with Crippen molar-refractivity contribution < 1.29 is 52.2 Å². The van der Waals surface area contributed by atoms with Gasteiger partial charge in [-0.1, -0.05) is 40.9 Å². The van der Waals surface area contributed by atoms with E-state index in [1.165, 1.54) is 0 Å². The third-order valence-electron chi connectivity index (χ3n) is 15.1. The lowest BCUT2D eigenvalue weighted by Crippen LogP contribution is -2.62. The second-order valence-corrected chi connectivity index (χ2v) is 18.8. The van der Waals surface area contributed by atoms with Crippen LogP contribution in [0.1, 0.15) is 111 Å². The topological polar surface area (TPSA) is 109 Å². The van der Waals surface area contributed by atoms with Gasteiger partial charge in [0.25, 0.3) is 0 Å². The van der Waals surface area contributed by atoms with Crippen molar-refractivity contribution in [3.05, 3.63) is 24.3 Å². The van der Waals surface area contributed by atoms with Gasteiger partial charge in [-0.05, 0) is 80.8 Å². The Morgan fingerprint density at radius 2 is 1.37 bits per heavy atom. The molecule has 0 aromatic carbocycles. The summed E-state index contributed by atoms with van der Waals surface area (Å²) >= 11 is 0. The van der Waals surface area contributed by atoms with Gasteiger partial charge in [0, 0.05) is 25.2 Å². The smallest absolute Gasteiger partial charge is 0.308 e. The Hall–Kier alpha value is -1.41. The number of fused-ring (bicyclic) bond motifs is 7. The minimum absolute atomic E-state index is 0.000666. The van der Waals surface area contributed by atoms with Crippen LogP contribution in [0.3, 0.4) is 0 Å². The molecule has 0 saturated carbocycles. The quantitative estimate of drug-likeness (QED) is 0.236. The Kier molecular flexibility index (Phi) is 9.67. The summed E-state index contributed by atoms with van der Waals surface area (Å²) in [6.45, 7) is 17.8. The Bertz CT molecular complexity index is 1470. The summed E-state index contributed by atoms with van der Waals surface area (Å²) in [5, 5.41) is 0. The van der Waals surface area contributed by atoms with Gasteiger partial charge < -0.3 is 47.4 Å². The summed E-state index contributed by atoms with van der Waals surface area (Å²) in [4.78, 5) is 14.1. The third kappa shape index (κ3) is 6.38. The van der Waals surface area contributed by atoms with Crippen molar-refractivity contribution in [3.63, 3.8) is 0 Å². The normalized spacial score (nSPS) is 55.7. The van der Waals surface area contributed by atoms with Gasteiger partial charge in [0.1, 0.15) is 36.6 Å². The summed E-state index contributed by atoms with van der Waals surface area (Å²) in [6, 6.07) is 0. The lowest BCUT2D eigenvalue weighted by Gasteiger charge is -2.51. The fraction of sp³-hybridized carbons (Fsp3) is 0.884. The maximum absolute atomic E-state index is 14.1. The highest BCUT2D eigenvalue weighted by atomic mass is 16.8. The Morgan fingerprint density at radius 3 is 2.22 bits per heavy atom. The van der Waals surface area contributed by atoms with Gasteiger partial charge in [0.05, 0.1) is 73.6 Å². The highest BCUT2D eigenvalue weighted by molar-refractivity contribution is 5.70. The zero-order valence-electron chi connectivity index (χ0n) is 32.6. The molecule has 0 aliphatic carbocycles. The number of carbonyl (C=O) groups is 1. The van der Waals surface area contributed by atoms with Crippen molar-refractivity contribution in [2.45, 2.75) is 221 Å². The molecule has 11 heterocycles. The lowest BCUT2D eigenvalue weighted by atomic mass is 9.78. The zero-order valence-corrected chi connectivity index (χ0v) is 32.6. The van der Waals surface area contributed by atoms with E-state index in [0.717, 1.165) is 62.5 Å². The van der Waals surface area contributed by atoms with Crippen LogP contribution in [0.2, 0.25) is 0 Å². The van der Waals surface area contributed by atoms with Crippen LogP contribution in [-0.4, -0.2) is 116 Å². The van der Waals surface area contributed by atoms with E-state index in [2.05, 4.69) is 40.9 Å². The van der Waals surface area contributed by atoms with Gasteiger partial charge in [0.2, 0.25) is 0 Å². The van der Waals surface area contributed by atoms with Gasteiger partial charge in [-0.25, -0.2) is 0 Å². The molecule has 0 aromatic heterocycles. The van der Waals surface area contributed by atoms with E-state index in [1.54, 1.807) is 0 Å². The molecule has 0 N–H and O–H groups in total. The van der Waals surface area contributed by atoms with Crippen LogP contribution in [0.15, 0.2) is 24.3 Å². The molecule has 11 fully saturated rings. The van der Waals surface area contributed by atoms with Gasteiger partial charge in [-0.2, -0.15) is 0 Å². The minimum Gasteiger partial charge on any atom is -0.459 e. The molecule has 300 valence electrons. The van der Waals surface area contributed by atoms with E-state index >= 15 is 0 Å². The molecule has 11 aliphatic heterocycles. The van der Waals surface area contributed by atoms with Gasteiger partial charge >= 0.3 is 5.97 Å². The fourth-order valence-electron chi connectivity index (χ4n) is 12.2. The Morgan fingerprint density at radius 1 is 0.630 bits per heavy atom. The monoisotopic (exact) mass is 754 g/mol. The molecule has 21 atom stereocenters. The van der Waals surface area contributed by atoms with Crippen LogP contribution < -0.4 is 0 Å². The first-order valence-corrected chi connectivity index (χ1v) is 21.5. The van der Waals surface area contributed by atoms with E-state index < -0.39 is 11.9 Å². The highest BCUT2D eigenvalue weighted by Crippen LogP contribution is 2.54. The first-order chi connectivity index (χ1) is 26.0. The molecule has 11 aliphatic rings. The second-order valence-electron chi connectivity index (χ2n) is 18.8. The first-order valence-electron chi connectivity index (χ1n) is 21.5. The average Bonchev–Trinajstić information content (AvgIpc) is 3.73. The second kappa shape index (κ2) is 14.2. The molecule has 11 nitrogen and oxygen atoms in total. The number of hydrogen-bond acceptors (Lipinski definition) is 11. The number of hydrogen-bond donors (Lipinski definition) is 0. The van der Waals surface area contributed by atoms with E-state index in [-0.39, 0.29) is 116 Å². The summed E-state index contributed by atoms with van der Waals surface area (Å²) < 4.78 is 67.7. The van der Waals surface area contributed by atoms with Crippen LogP contribution in [-0.2, 0) is 52.2 Å². The van der Waals surface area contributed by atoms with Crippen molar-refractivity contribution in [1.29, 1.82) is 0 Å². The largest absolute Gasteiger partial charge is 0.459 e. The fourth-order valence-corrected chi connectivity index (χ4v) is 12.2. The summed E-state index contributed by atoms with van der Waals surface area (Å²) in [5.74, 6) is -0.417. The minimum atomic E-state index is -0.778. The summed E-state index contributed by atoms with van der Waals surface area (Å²) in [5.41, 5.74) is 2.25. The van der Waals surface area contributed by atoms with Gasteiger partial charge in [0.15, 0.2) is 5.79 Å². The molecule has 0 amide bonds. The molecule has 0 aromatic rings. The molecule has 12 bridgehead atoms. The van der Waals surface area contributed by atoms with E-state index in [1.807, 2.05) is 0 Å². The molecule has 3 unspecified atom stereocenters. The molecule has 1 spiro atoms. The average molecular weight is 755 g/mol. The van der Waals surface area contributed by atoms with Crippen LogP contribution in [0.4, 0.5) is 0 Å². The van der Waals surface area contributed by atoms with Crippen LogP contribution in [0.5, 0.6) is 0 Å². The molecule has 11 rings (SSSR count). The van der Waals surface area contributed by atoms with Crippen molar-refractivity contribution in [2.24, 2.45) is 17.8 Å². The molecule has 54 heavy (non-hydrogen) atoms.